The SMILES string of the molecule is CCOc1cc(/C(O)=C2/C(=O)C(=O)N(Cc3cccs3)C2c2ccc(F)cc2)ccc1Cl. The van der Waals surface area contributed by atoms with Crippen LogP contribution in [-0.4, -0.2) is 28.3 Å². The second-order valence-electron chi connectivity index (χ2n) is 7.14. The van der Waals surface area contributed by atoms with Gasteiger partial charge in [-0.1, -0.05) is 29.8 Å². The third-order valence-corrected chi connectivity index (χ3v) is 6.31. The van der Waals surface area contributed by atoms with E-state index in [2.05, 4.69) is 0 Å². The molecule has 1 amide bonds. The maximum atomic E-state index is 13.6. The van der Waals surface area contributed by atoms with Gasteiger partial charge in [0.25, 0.3) is 11.7 Å². The number of Topliss-reactive ketones (excluding diaryl/α,β-unsaturated/α-hetero) is 1. The number of hydrogen-bond acceptors (Lipinski definition) is 5. The third-order valence-electron chi connectivity index (χ3n) is 5.14. The predicted molar refractivity (Wildman–Crippen MR) is 121 cm³/mol. The van der Waals surface area contributed by atoms with Crippen LogP contribution in [0.5, 0.6) is 5.75 Å². The smallest absolute Gasteiger partial charge is 0.295 e. The summed E-state index contributed by atoms with van der Waals surface area (Å²) in [6, 6.07) is 13.0. The highest BCUT2D eigenvalue weighted by Crippen LogP contribution is 2.41. The van der Waals surface area contributed by atoms with Crippen molar-refractivity contribution in [3.8, 4) is 5.75 Å². The largest absolute Gasteiger partial charge is 0.507 e. The van der Waals surface area contributed by atoms with Gasteiger partial charge >= 0.3 is 0 Å². The number of likely N-dealkylation sites (tertiary alicyclic amines) is 1. The topological polar surface area (TPSA) is 66.8 Å². The summed E-state index contributed by atoms with van der Waals surface area (Å²) in [5.41, 5.74) is 0.740. The normalized spacial score (nSPS) is 17.7. The second kappa shape index (κ2) is 9.14. The first-order chi connectivity index (χ1) is 15.4. The van der Waals surface area contributed by atoms with Crippen LogP contribution in [0.3, 0.4) is 0 Å². The van der Waals surface area contributed by atoms with E-state index in [0.29, 0.717) is 28.5 Å². The molecule has 1 unspecified atom stereocenters. The fraction of sp³-hybridized carbons (Fsp3) is 0.167. The van der Waals surface area contributed by atoms with Crippen LogP contribution in [-0.2, 0) is 16.1 Å². The molecule has 0 saturated carbocycles. The van der Waals surface area contributed by atoms with Gasteiger partial charge in [-0.05, 0) is 54.3 Å². The molecule has 1 saturated heterocycles. The summed E-state index contributed by atoms with van der Waals surface area (Å²) in [5, 5.41) is 13.4. The number of ether oxygens (including phenoxy) is 1. The number of nitrogens with zero attached hydrogens (tertiary/aromatic N) is 1. The first kappa shape index (κ1) is 22.0. The van der Waals surface area contributed by atoms with Crippen molar-refractivity contribution in [2.45, 2.75) is 19.5 Å². The summed E-state index contributed by atoms with van der Waals surface area (Å²) in [5.74, 6) is -1.97. The molecule has 1 aliphatic rings. The molecule has 3 aromatic rings. The highest BCUT2D eigenvalue weighted by atomic mass is 35.5. The molecule has 2 aromatic carbocycles. The number of hydrogen-bond donors (Lipinski definition) is 1. The molecule has 5 nitrogen and oxygen atoms in total. The number of aliphatic hydroxyl groups is 1. The zero-order chi connectivity index (χ0) is 22.8. The lowest BCUT2D eigenvalue weighted by atomic mass is 9.95. The van der Waals surface area contributed by atoms with Crippen molar-refractivity contribution in [1.29, 1.82) is 0 Å². The lowest BCUT2D eigenvalue weighted by Crippen LogP contribution is -2.28. The Morgan fingerprint density at radius 2 is 1.94 bits per heavy atom. The lowest BCUT2D eigenvalue weighted by Gasteiger charge is -2.25. The number of aliphatic hydroxyl groups excluding tert-OH is 1. The van der Waals surface area contributed by atoms with Gasteiger partial charge in [0.1, 0.15) is 17.3 Å². The maximum Gasteiger partial charge on any atom is 0.295 e. The molecule has 32 heavy (non-hydrogen) atoms. The van der Waals surface area contributed by atoms with E-state index in [4.69, 9.17) is 16.3 Å². The molecule has 2 heterocycles. The molecule has 8 heteroatoms. The molecule has 1 atom stereocenters. The van der Waals surface area contributed by atoms with E-state index < -0.39 is 23.5 Å². The Morgan fingerprint density at radius 3 is 2.59 bits per heavy atom. The van der Waals surface area contributed by atoms with Crippen molar-refractivity contribution in [2.75, 3.05) is 6.61 Å². The molecular weight excluding hydrogens is 453 g/mol. The van der Waals surface area contributed by atoms with Crippen LogP contribution in [0.1, 0.15) is 29.0 Å². The molecule has 1 aliphatic heterocycles. The molecule has 1 N–H and O–H groups in total. The van der Waals surface area contributed by atoms with Gasteiger partial charge in [-0.3, -0.25) is 9.59 Å². The van der Waals surface area contributed by atoms with Crippen molar-refractivity contribution < 1.29 is 23.8 Å². The lowest BCUT2D eigenvalue weighted by molar-refractivity contribution is -0.140. The van der Waals surface area contributed by atoms with Crippen LogP contribution in [0, 0.1) is 5.82 Å². The number of halogens is 2. The minimum Gasteiger partial charge on any atom is -0.507 e. The predicted octanol–water partition coefficient (Wildman–Crippen LogP) is 5.56. The fourth-order valence-electron chi connectivity index (χ4n) is 3.68. The Hall–Kier alpha value is -3.16. The van der Waals surface area contributed by atoms with Gasteiger partial charge in [-0.15, -0.1) is 11.3 Å². The number of amides is 1. The zero-order valence-corrected chi connectivity index (χ0v) is 18.6. The molecule has 0 spiro atoms. The first-order valence-corrected chi connectivity index (χ1v) is 11.2. The monoisotopic (exact) mass is 471 g/mol. The van der Waals surface area contributed by atoms with Crippen molar-refractivity contribution >= 4 is 40.4 Å². The Morgan fingerprint density at radius 1 is 1.19 bits per heavy atom. The summed E-state index contributed by atoms with van der Waals surface area (Å²) in [4.78, 5) is 28.3. The van der Waals surface area contributed by atoms with E-state index in [1.165, 1.54) is 46.6 Å². The van der Waals surface area contributed by atoms with Crippen LogP contribution in [0.2, 0.25) is 5.02 Å². The van der Waals surface area contributed by atoms with E-state index in [-0.39, 0.29) is 17.9 Å². The maximum absolute atomic E-state index is 13.6. The van der Waals surface area contributed by atoms with Gasteiger partial charge in [0, 0.05) is 10.4 Å². The molecule has 1 aromatic heterocycles. The number of carbonyl (C=O) groups is 2. The number of carbonyl (C=O) groups excluding carboxylic acids is 2. The zero-order valence-electron chi connectivity index (χ0n) is 17.0. The highest BCUT2D eigenvalue weighted by Gasteiger charge is 2.46. The summed E-state index contributed by atoms with van der Waals surface area (Å²) in [6.07, 6.45) is 0. The molecule has 0 radical (unpaired) electrons. The summed E-state index contributed by atoms with van der Waals surface area (Å²) in [6.45, 7) is 2.35. The molecule has 4 rings (SSSR count). The van der Waals surface area contributed by atoms with Gasteiger partial charge in [-0.25, -0.2) is 4.39 Å². The van der Waals surface area contributed by atoms with Gasteiger partial charge in [0.2, 0.25) is 0 Å². The highest BCUT2D eigenvalue weighted by molar-refractivity contribution is 7.09. The number of benzene rings is 2. The summed E-state index contributed by atoms with van der Waals surface area (Å²) in [7, 11) is 0. The number of ketones is 1. The van der Waals surface area contributed by atoms with Crippen LogP contribution in [0.25, 0.3) is 5.76 Å². The van der Waals surface area contributed by atoms with Crippen LogP contribution < -0.4 is 4.74 Å². The van der Waals surface area contributed by atoms with Crippen LogP contribution >= 0.6 is 22.9 Å². The van der Waals surface area contributed by atoms with E-state index in [9.17, 15) is 19.1 Å². The van der Waals surface area contributed by atoms with Crippen LogP contribution in [0.15, 0.2) is 65.6 Å². The standard InChI is InChI=1S/C24H19ClFNO4S/c1-2-31-19-12-15(7-10-18(19)25)22(28)20-21(14-5-8-16(26)9-6-14)27(24(30)23(20)29)13-17-4-3-11-32-17/h3-12,21,28H,2,13H2,1H3/b22-20-. The summed E-state index contributed by atoms with van der Waals surface area (Å²) < 4.78 is 19.1. The number of rotatable bonds is 6. The van der Waals surface area contributed by atoms with E-state index in [1.54, 1.807) is 19.1 Å². The average Bonchev–Trinajstić information content (AvgIpc) is 3.38. The molecular formula is C24H19ClFNO4S. The Labute approximate surface area is 193 Å². The quantitative estimate of drug-likeness (QED) is 0.290. The van der Waals surface area contributed by atoms with Gasteiger partial charge in [0.15, 0.2) is 0 Å². The fourth-order valence-corrected chi connectivity index (χ4v) is 4.55. The molecule has 0 aliphatic carbocycles. The van der Waals surface area contributed by atoms with Crippen LogP contribution in [0.4, 0.5) is 4.39 Å². The molecule has 1 fully saturated rings. The van der Waals surface area contributed by atoms with Gasteiger partial charge in [0.05, 0.1) is 29.8 Å². The van der Waals surface area contributed by atoms with Crippen molar-refractivity contribution in [3.63, 3.8) is 0 Å². The first-order valence-electron chi connectivity index (χ1n) is 9.89. The molecule has 0 bridgehead atoms. The minimum atomic E-state index is -0.871. The Kier molecular flexibility index (Phi) is 6.30. The van der Waals surface area contributed by atoms with E-state index in [1.807, 2.05) is 17.5 Å². The summed E-state index contributed by atoms with van der Waals surface area (Å²) >= 11 is 7.60. The third kappa shape index (κ3) is 4.13. The van der Waals surface area contributed by atoms with Crippen molar-refractivity contribution in [2.24, 2.45) is 0 Å². The van der Waals surface area contributed by atoms with E-state index >= 15 is 0 Å². The molecule has 164 valence electrons. The Balaban J connectivity index is 1.86. The Bertz CT molecular complexity index is 1190. The van der Waals surface area contributed by atoms with Gasteiger partial charge in [-0.2, -0.15) is 0 Å². The van der Waals surface area contributed by atoms with Crippen molar-refractivity contribution in [1.82, 2.24) is 4.90 Å². The van der Waals surface area contributed by atoms with E-state index in [0.717, 1.165) is 4.88 Å². The van der Waals surface area contributed by atoms with Crippen molar-refractivity contribution in [3.05, 3.63) is 92.4 Å². The second-order valence-corrected chi connectivity index (χ2v) is 8.58. The average molecular weight is 472 g/mol. The van der Waals surface area contributed by atoms with Gasteiger partial charge < -0.3 is 14.7 Å². The minimum absolute atomic E-state index is 0.0667. The number of thiophene rings is 1.